The summed E-state index contributed by atoms with van der Waals surface area (Å²) in [5.74, 6) is 7.30. The molecule has 5 rings (SSSR count). The summed E-state index contributed by atoms with van der Waals surface area (Å²) < 4.78 is 0. The van der Waals surface area contributed by atoms with E-state index in [1.165, 1.54) is 38.5 Å². The molecular weight excluding hydrogens is 292 g/mol. The van der Waals surface area contributed by atoms with Gasteiger partial charge in [-0.25, -0.2) is 0 Å². The van der Waals surface area contributed by atoms with Gasteiger partial charge in [-0.2, -0.15) is 0 Å². The van der Waals surface area contributed by atoms with E-state index in [1.807, 2.05) is 0 Å². The van der Waals surface area contributed by atoms with Gasteiger partial charge in [-0.05, 0) is 111 Å². The molecule has 10 atom stereocenters. The predicted molar refractivity (Wildman–Crippen MR) is 98.4 cm³/mol. The Kier molecular flexibility index (Phi) is 3.25. The van der Waals surface area contributed by atoms with Gasteiger partial charge in [0, 0.05) is 0 Å². The Hall–Kier alpha value is -0.300. The fraction of sp³-hybridized carbons (Fsp3) is 0.913. The van der Waals surface area contributed by atoms with Crippen LogP contribution in [0.5, 0.6) is 0 Å². The van der Waals surface area contributed by atoms with E-state index in [0.717, 1.165) is 60.2 Å². The first kappa shape index (κ1) is 15.9. The molecule has 0 aromatic rings. The Morgan fingerprint density at radius 3 is 2.50 bits per heavy atom. The molecular formula is C23H36O. The fourth-order valence-electron chi connectivity index (χ4n) is 8.39. The summed E-state index contributed by atoms with van der Waals surface area (Å²) in [6, 6.07) is 0. The van der Waals surface area contributed by atoms with E-state index in [0.29, 0.717) is 5.41 Å². The topological polar surface area (TPSA) is 20.2 Å². The molecule has 1 nitrogen and oxygen atoms in total. The summed E-state index contributed by atoms with van der Waals surface area (Å²) in [5.41, 5.74) is 1.70. The number of rotatable bonds is 0. The molecule has 1 heteroatoms. The second-order valence-electron chi connectivity index (χ2n) is 10.9. The Bertz CT molecular complexity index is 562. The van der Waals surface area contributed by atoms with Gasteiger partial charge in [0.05, 0.1) is 5.60 Å². The second kappa shape index (κ2) is 4.90. The molecule has 0 aromatic heterocycles. The van der Waals surface area contributed by atoms with E-state index < -0.39 is 0 Å². The molecule has 0 heterocycles. The van der Waals surface area contributed by atoms with E-state index in [1.54, 1.807) is 5.57 Å². The molecule has 0 radical (unpaired) electrons. The first-order valence-corrected chi connectivity index (χ1v) is 10.7. The van der Waals surface area contributed by atoms with E-state index in [-0.39, 0.29) is 5.60 Å². The van der Waals surface area contributed by atoms with Gasteiger partial charge >= 0.3 is 0 Å². The van der Waals surface area contributed by atoms with Gasteiger partial charge in [0.25, 0.3) is 0 Å². The van der Waals surface area contributed by atoms with Crippen LogP contribution in [0.15, 0.2) is 12.2 Å². The van der Waals surface area contributed by atoms with Gasteiger partial charge in [0.1, 0.15) is 0 Å². The average Bonchev–Trinajstić information content (AvgIpc) is 3.17. The van der Waals surface area contributed by atoms with Crippen LogP contribution in [0.25, 0.3) is 0 Å². The van der Waals surface area contributed by atoms with Crippen LogP contribution in [0.2, 0.25) is 0 Å². The van der Waals surface area contributed by atoms with Gasteiger partial charge in [0.2, 0.25) is 0 Å². The first-order valence-electron chi connectivity index (χ1n) is 10.7. The van der Waals surface area contributed by atoms with E-state index >= 15 is 0 Å². The molecule has 24 heavy (non-hydrogen) atoms. The van der Waals surface area contributed by atoms with Crippen LogP contribution < -0.4 is 0 Å². The maximum absolute atomic E-state index is 10.5. The van der Waals surface area contributed by atoms with Crippen molar-refractivity contribution in [2.45, 2.75) is 77.7 Å². The van der Waals surface area contributed by atoms with Crippen molar-refractivity contribution in [2.24, 2.45) is 52.8 Å². The van der Waals surface area contributed by atoms with Crippen LogP contribution in [0.1, 0.15) is 72.1 Å². The fourth-order valence-corrected chi connectivity index (χ4v) is 8.39. The maximum Gasteiger partial charge on any atom is 0.0622 e. The maximum atomic E-state index is 10.5. The molecule has 0 bridgehead atoms. The smallest absolute Gasteiger partial charge is 0.0622 e. The molecule has 0 unspecified atom stereocenters. The molecule has 0 aliphatic heterocycles. The summed E-state index contributed by atoms with van der Waals surface area (Å²) in [4.78, 5) is 0. The standard InChI is InChI=1S/C23H36O/c1-13-19-11-20-18-6-5-15-12-22(3,24)9-7-16(15)17(18)8-10-23(20,4)14(2)21(13)19/h13,15-21,24H,2,5-12H2,1,3-4H3/t13-,15+,16-,17+,18+,19+,20-,21+,22+,23+/m0/s1. The van der Waals surface area contributed by atoms with Gasteiger partial charge in [-0.15, -0.1) is 0 Å². The van der Waals surface area contributed by atoms with E-state index in [2.05, 4.69) is 27.4 Å². The highest BCUT2D eigenvalue weighted by atomic mass is 16.3. The van der Waals surface area contributed by atoms with Crippen LogP contribution in [0.3, 0.4) is 0 Å². The van der Waals surface area contributed by atoms with Crippen molar-refractivity contribution >= 4 is 0 Å². The molecule has 0 saturated heterocycles. The quantitative estimate of drug-likeness (QED) is 0.587. The van der Waals surface area contributed by atoms with Crippen LogP contribution in [0, 0.1) is 52.8 Å². The number of fused-ring (bicyclic) bond motifs is 6. The SMILES string of the molecule is C=C1[C@H]2[C@@H](C)[C@H]2C[C@H]2[C@@H]3CC[C@@H]4C[C@](C)(O)CC[C@@H]4[C@H]3CC[C@]12C. The average molecular weight is 329 g/mol. The highest BCUT2D eigenvalue weighted by Crippen LogP contribution is 2.71. The van der Waals surface area contributed by atoms with Gasteiger partial charge in [-0.3, -0.25) is 0 Å². The van der Waals surface area contributed by atoms with Crippen molar-refractivity contribution in [3.63, 3.8) is 0 Å². The lowest BCUT2D eigenvalue weighted by Crippen LogP contribution is -2.52. The minimum atomic E-state index is -0.382. The Morgan fingerprint density at radius 2 is 1.71 bits per heavy atom. The van der Waals surface area contributed by atoms with Crippen LogP contribution in [-0.2, 0) is 0 Å². The first-order chi connectivity index (χ1) is 11.3. The van der Waals surface area contributed by atoms with Crippen molar-refractivity contribution in [3.05, 3.63) is 12.2 Å². The molecule has 0 spiro atoms. The lowest BCUT2D eigenvalue weighted by Gasteiger charge is -2.59. The molecule has 5 saturated carbocycles. The minimum absolute atomic E-state index is 0.382. The third kappa shape index (κ3) is 2.03. The lowest BCUT2D eigenvalue weighted by molar-refractivity contribution is -0.100. The summed E-state index contributed by atoms with van der Waals surface area (Å²) >= 11 is 0. The Morgan fingerprint density at radius 1 is 0.958 bits per heavy atom. The number of hydrogen-bond acceptors (Lipinski definition) is 1. The van der Waals surface area contributed by atoms with Crippen molar-refractivity contribution < 1.29 is 5.11 Å². The van der Waals surface area contributed by atoms with E-state index in [9.17, 15) is 5.11 Å². The third-order valence-corrected chi connectivity index (χ3v) is 9.85. The molecule has 0 amide bonds. The summed E-state index contributed by atoms with van der Waals surface area (Å²) in [7, 11) is 0. The van der Waals surface area contributed by atoms with Gasteiger partial charge < -0.3 is 5.11 Å². The highest BCUT2D eigenvalue weighted by Gasteiger charge is 2.63. The molecule has 5 aliphatic carbocycles. The van der Waals surface area contributed by atoms with Crippen molar-refractivity contribution in [1.29, 1.82) is 0 Å². The van der Waals surface area contributed by atoms with Gasteiger partial charge in [-0.1, -0.05) is 26.0 Å². The van der Waals surface area contributed by atoms with Crippen molar-refractivity contribution in [2.75, 3.05) is 0 Å². The minimum Gasteiger partial charge on any atom is -0.390 e. The zero-order valence-corrected chi connectivity index (χ0v) is 15.9. The zero-order chi connectivity index (χ0) is 16.9. The number of hydrogen-bond donors (Lipinski definition) is 1. The van der Waals surface area contributed by atoms with Crippen LogP contribution >= 0.6 is 0 Å². The zero-order valence-electron chi connectivity index (χ0n) is 15.9. The summed E-state index contributed by atoms with van der Waals surface area (Å²) in [6.07, 6.45) is 10.5. The largest absolute Gasteiger partial charge is 0.390 e. The molecule has 0 aromatic carbocycles. The second-order valence-corrected chi connectivity index (χ2v) is 10.9. The summed E-state index contributed by atoms with van der Waals surface area (Å²) in [5, 5.41) is 10.5. The molecule has 1 N–H and O–H groups in total. The number of aliphatic hydroxyl groups is 1. The van der Waals surface area contributed by atoms with Crippen molar-refractivity contribution in [1.82, 2.24) is 0 Å². The lowest BCUT2D eigenvalue weighted by atomic mass is 9.46. The predicted octanol–water partition coefficient (Wildman–Crippen LogP) is 5.44. The monoisotopic (exact) mass is 328 g/mol. The summed E-state index contributed by atoms with van der Waals surface area (Å²) in [6.45, 7) is 11.8. The Balaban J connectivity index is 1.41. The Labute approximate surface area is 148 Å². The normalized spacial score (nSPS) is 62.1. The van der Waals surface area contributed by atoms with Crippen molar-refractivity contribution in [3.8, 4) is 0 Å². The molecule has 134 valence electrons. The third-order valence-electron chi connectivity index (χ3n) is 9.85. The molecule has 5 fully saturated rings. The highest BCUT2D eigenvalue weighted by molar-refractivity contribution is 5.29. The van der Waals surface area contributed by atoms with Crippen LogP contribution in [0.4, 0.5) is 0 Å². The van der Waals surface area contributed by atoms with Gasteiger partial charge in [0.15, 0.2) is 0 Å². The molecule has 5 aliphatic rings. The number of allylic oxidation sites excluding steroid dienone is 1. The van der Waals surface area contributed by atoms with E-state index in [4.69, 9.17) is 0 Å². The van der Waals surface area contributed by atoms with Crippen LogP contribution in [-0.4, -0.2) is 10.7 Å².